The molecular weight excluding hydrogens is 213 g/mol. The molecule has 5 nitrogen and oxygen atoms in total. The minimum Gasteiger partial charge on any atom is -0.324 e. The van der Waals surface area contributed by atoms with E-state index < -0.39 is 0 Å². The van der Waals surface area contributed by atoms with Gasteiger partial charge in [0.2, 0.25) is 10.6 Å². The maximum Gasteiger partial charge on any atom is 0.206 e. The summed E-state index contributed by atoms with van der Waals surface area (Å²) in [5.74, 6) is 0. The van der Waals surface area contributed by atoms with E-state index in [9.17, 15) is 0 Å². The zero-order valence-corrected chi connectivity index (χ0v) is 8.11. The zero-order chi connectivity index (χ0) is 9.59. The molecule has 0 bridgehead atoms. The number of rotatable bonds is 0. The molecule has 0 saturated heterocycles. The molecule has 0 saturated carbocycles. The van der Waals surface area contributed by atoms with Gasteiger partial charge in [0.05, 0.1) is 0 Å². The minimum absolute atomic E-state index is 0.203. The van der Waals surface area contributed by atoms with E-state index in [0.717, 1.165) is 0 Å². The van der Waals surface area contributed by atoms with Crippen molar-refractivity contribution in [3.05, 3.63) is 16.1 Å². The predicted octanol–water partition coefficient (Wildman–Crippen LogP) is 1.08. The standard InChI is InChI=1S/C6H5Cl2N5/c1-13-3(9)2-4(12-6(13)8)11-5(7)10-2/h9H,1H3,(H,10,11). The quantitative estimate of drug-likeness (QED) is 0.513. The first-order valence-corrected chi connectivity index (χ1v) is 4.17. The Bertz CT molecular complexity index is 526. The lowest BCUT2D eigenvalue weighted by atomic mass is 10.5. The second kappa shape index (κ2) is 2.71. The average molecular weight is 218 g/mol. The van der Waals surface area contributed by atoms with Crippen LogP contribution in [-0.2, 0) is 7.05 Å². The van der Waals surface area contributed by atoms with Crippen LogP contribution in [0.4, 0.5) is 0 Å². The topological polar surface area (TPSA) is 70.3 Å². The number of hydrogen-bond donors (Lipinski definition) is 2. The second-order valence-electron chi connectivity index (χ2n) is 2.51. The summed E-state index contributed by atoms with van der Waals surface area (Å²) in [4.78, 5) is 10.5. The third-order valence-electron chi connectivity index (χ3n) is 1.70. The number of aromatic amines is 1. The SMILES string of the molecule is Cn1c(Cl)nc2nc(Cl)[nH]c2c1=N. The highest BCUT2D eigenvalue weighted by atomic mass is 35.5. The van der Waals surface area contributed by atoms with Gasteiger partial charge in [-0.3, -0.25) is 5.41 Å². The van der Waals surface area contributed by atoms with Crippen molar-refractivity contribution in [2.45, 2.75) is 0 Å². The number of nitrogens with zero attached hydrogens (tertiary/aromatic N) is 3. The Hall–Kier alpha value is -1.07. The van der Waals surface area contributed by atoms with Gasteiger partial charge >= 0.3 is 0 Å². The Kier molecular flexibility index (Phi) is 1.78. The van der Waals surface area contributed by atoms with Crippen LogP contribution in [0.3, 0.4) is 0 Å². The van der Waals surface area contributed by atoms with Crippen LogP contribution in [0.25, 0.3) is 11.2 Å². The Morgan fingerprint density at radius 1 is 1.38 bits per heavy atom. The molecule has 68 valence electrons. The molecule has 0 spiro atoms. The molecule has 0 aliphatic rings. The number of halogens is 2. The largest absolute Gasteiger partial charge is 0.324 e. The molecule has 0 radical (unpaired) electrons. The van der Waals surface area contributed by atoms with Gasteiger partial charge in [-0.2, -0.15) is 9.97 Å². The number of hydrogen-bond acceptors (Lipinski definition) is 3. The molecule has 7 heteroatoms. The summed E-state index contributed by atoms with van der Waals surface area (Å²) in [6.45, 7) is 0. The molecule has 2 heterocycles. The number of nitrogens with one attached hydrogen (secondary N) is 2. The highest BCUT2D eigenvalue weighted by molar-refractivity contribution is 6.29. The smallest absolute Gasteiger partial charge is 0.206 e. The van der Waals surface area contributed by atoms with E-state index in [1.807, 2.05) is 0 Å². The molecule has 2 aromatic heterocycles. The van der Waals surface area contributed by atoms with Crippen molar-refractivity contribution in [1.29, 1.82) is 5.41 Å². The molecular formula is C6H5Cl2N5. The van der Waals surface area contributed by atoms with Crippen LogP contribution < -0.4 is 5.49 Å². The lowest BCUT2D eigenvalue weighted by molar-refractivity contribution is 0.803. The summed E-state index contributed by atoms with van der Waals surface area (Å²) in [6, 6.07) is 0. The van der Waals surface area contributed by atoms with Crippen molar-refractivity contribution in [1.82, 2.24) is 19.5 Å². The van der Waals surface area contributed by atoms with Crippen LogP contribution in [0, 0.1) is 5.41 Å². The number of aromatic nitrogens is 4. The normalized spacial score (nSPS) is 11.0. The highest BCUT2D eigenvalue weighted by Gasteiger charge is 2.07. The molecule has 2 rings (SSSR count). The fourth-order valence-electron chi connectivity index (χ4n) is 1.00. The Balaban J connectivity index is 3.01. The third kappa shape index (κ3) is 1.20. The van der Waals surface area contributed by atoms with Crippen molar-refractivity contribution < 1.29 is 0 Å². The summed E-state index contributed by atoms with van der Waals surface area (Å²) in [6.07, 6.45) is 0. The molecule has 0 unspecified atom stereocenters. The van der Waals surface area contributed by atoms with E-state index in [0.29, 0.717) is 11.2 Å². The van der Waals surface area contributed by atoms with Crippen LogP contribution >= 0.6 is 23.2 Å². The van der Waals surface area contributed by atoms with Crippen molar-refractivity contribution in [2.75, 3.05) is 0 Å². The van der Waals surface area contributed by atoms with E-state index in [4.69, 9.17) is 28.6 Å². The van der Waals surface area contributed by atoms with Gasteiger partial charge in [-0.15, -0.1) is 0 Å². The van der Waals surface area contributed by atoms with Crippen LogP contribution in [0.15, 0.2) is 0 Å². The molecule has 0 amide bonds. The first-order valence-electron chi connectivity index (χ1n) is 3.42. The minimum atomic E-state index is 0.203. The maximum absolute atomic E-state index is 7.65. The molecule has 2 aromatic rings. The first-order chi connectivity index (χ1) is 6.09. The summed E-state index contributed by atoms with van der Waals surface area (Å²) in [7, 11) is 1.64. The van der Waals surface area contributed by atoms with E-state index in [1.165, 1.54) is 4.57 Å². The van der Waals surface area contributed by atoms with Crippen LogP contribution in [-0.4, -0.2) is 19.5 Å². The Morgan fingerprint density at radius 3 is 2.77 bits per heavy atom. The zero-order valence-electron chi connectivity index (χ0n) is 6.60. The Morgan fingerprint density at radius 2 is 2.08 bits per heavy atom. The van der Waals surface area contributed by atoms with Crippen LogP contribution in [0.5, 0.6) is 0 Å². The van der Waals surface area contributed by atoms with Gasteiger partial charge in [0.1, 0.15) is 5.52 Å². The number of fused-ring (bicyclic) bond motifs is 1. The molecule has 0 aliphatic heterocycles. The maximum atomic E-state index is 7.65. The summed E-state index contributed by atoms with van der Waals surface area (Å²) in [5, 5.41) is 8.07. The summed E-state index contributed by atoms with van der Waals surface area (Å²) in [5.41, 5.74) is 1.05. The molecule has 0 aliphatic carbocycles. The van der Waals surface area contributed by atoms with Gasteiger partial charge < -0.3 is 9.55 Å². The van der Waals surface area contributed by atoms with Crippen molar-refractivity contribution in [3.8, 4) is 0 Å². The second-order valence-corrected chi connectivity index (χ2v) is 3.21. The highest BCUT2D eigenvalue weighted by Crippen LogP contribution is 2.10. The van der Waals surface area contributed by atoms with Gasteiger partial charge in [0, 0.05) is 7.05 Å². The Labute approximate surface area is 82.8 Å². The van der Waals surface area contributed by atoms with Crippen molar-refractivity contribution in [2.24, 2.45) is 7.05 Å². The summed E-state index contributed by atoms with van der Waals surface area (Å²) < 4.78 is 1.43. The average Bonchev–Trinajstić information content (AvgIpc) is 2.42. The van der Waals surface area contributed by atoms with E-state index >= 15 is 0 Å². The van der Waals surface area contributed by atoms with Gasteiger partial charge in [-0.05, 0) is 23.2 Å². The predicted molar refractivity (Wildman–Crippen MR) is 48.7 cm³/mol. The fourth-order valence-corrected chi connectivity index (χ4v) is 1.34. The van der Waals surface area contributed by atoms with Gasteiger partial charge in [-0.1, -0.05) is 0 Å². The fraction of sp³-hybridized carbons (Fsp3) is 0.167. The lowest BCUT2D eigenvalue weighted by Gasteiger charge is -1.99. The van der Waals surface area contributed by atoms with E-state index in [1.54, 1.807) is 7.05 Å². The van der Waals surface area contributed by atoms with Crippen molar-refractivity contribution >= 4 is 34.4 Å². The molecule has 0 fully saturated rings. The van der Waals surface area contributed by atoms with E-state index in [-0.39, 0.29) is 16.1 Å². The van der Waals surface area contributed by atoms with Gasteiger partial charge in [0.15, 0.2) is 11.1 Å². The first kappa shape index (κ1) is 8.52. The molecule has 13 heavy (non-hydrogen) atoms. The van der Waals surface area contributed by atoms with Gasteiger partial charge in [-0.25, -0.2) is 0 Å². The molecule has 2 N–H and O–H groups in total. The molecule has 0 atom stereocenters. The van der Waals surface area contributed by atoms with Crippen LogP contribution in [0.2, 0.25) is 10.6 Å². The van der Waals surface area contributed by atoms with E-state index in [2.05, 4.69) is 15.0 Å². The van der Waals surface area contributed by atoms with Gasteiger partial charge in [0.25, 0.3) is 0 Å². The lowest BCUT2D eigenvalue weighted by Crippen LogP contribution is -2.18. The monoisotopic (exact) mass is 217 g/mol. The van der Waals surface area contributed by atoms with Crippen LogP contribution in [0.1, 0.15) is 0 Å². The third-order valence-corrected chi connectivity index (χ3v) is 2.22. The number of imidazole rings is 1. The number of H-pyrrole nitrogens is 1. The van der Waals surface area contributed by atoms with Crippen molar-refractivity contribution in [3.63, 3.8) is 0 Å². The molecule has 0 aromatic carbocycles. The summed E-state index contributed by atoms with van der Waals surface area (Å²) >= 11 is 11.4.